The van der Waals surface area contributed by atoms with Crippen molar-refractivity contribution in [1.29, 1.82) is 0 Å². The van der Waals surface area contributed by atoms with Crippen molar-refractivity contribution in [2.24, 2.45) is 0 Å². The molecule has 0 aromatic heterocycles. The first kappa shape index (κ1) is 23.9. The lowest BCUT2D eigenvalue weighted by molar-refractivity contribution is -0.133. The third-order valence-electron chi connectivity index (χ3n) is 5.90. The van der Waals surface area contributed by atoms with Crippen LogP contribution in [-0.2, 0) is 18.8 Å². The van der Waals surface area contributed by atoms with Gasteiger partial charge in [-0.2, -0.15) is 0 Å². The molecule has 0 aromatic carbocycles. The fourth-order valence-corrected chi connectivity index (χ4v) is 10.6. The summed E-state index contributed by atoms with van der Waals surface area (Å²) in [5.41, 5.74) is 0.540. The number of carbonyl (C=O) groups is 2. The lowest BCUT2D eigenvalue weighted by Gasteiger charge is -2.52. The zero-order chi connectivity index (χ0) is 19.7. The summed E-state index contributed by atoms with van der Waals surface area (Å²) in [6.07, 6.45) is 5.47. The molecular weight excluding hydrogens is 336 g/mol. The predicted octanol–water partition coefficient (Wildman–Crippen LogP) is 4.92. The highest BCUT2D eigenvalue weighted by atomic mass is 28.4. The Morgan fingerprint density at radius 1 is 1.12 bits per heavy atom. The van der Waals surface area contributed by atoms with Crippen molar-refractivity contribution < 1.29 is 23.9 Å². The smallest absolute Gasteiger partial charge is 0.328 e. The monoisotopic (exact) mass is 372 g/mol. The molecule has 0 radical (unpaired) electrons. The van der Waals surface area contributed by atoms with Crippen LogP contribution >= 0.6 is 0 Å². The molecule has 3 atom stereocenters. The van der Waals surface area contributed by atoms with Crippen LogP contribution in [0.1, 0.15) is 67.2 Å². The molecular formula is C19H36O5Si. The Hall–Kier alpha value is -1.14. The lowest BCUT2D eigenvalue weighted by atomic mass is 10.0. The minimum atomic E-state index is -2.60. The Kier molecular flexibility index (Phi) is 10.3. The van der Waals surface area contributed by atoms with Crippen molar-refractivity contribution in [3.05, 3.63) is 12.2 Å². The van der Waals surface area contributed by atoms with E-state index < -0.39 is 20.3 Å². The molecule has 0 saturated heterocycles. The van der Waals surface area contributed by atoms with Gasteiger partial charge >= 0.3 is 11.9 Å². The van der Waals surface area contributed by atoms with Gasteiger partial charge in [0.25, 0.3) is 8.32 Å². The SMILES string of the molecule is CCC(C)[Si](OC(=O)/C=C\C(=O)O)(C(C)CC)C(C)(CC)CCOC. The highest BCUT2D eigenvalue weighted by Crippen LogP contribution is 2.57. The van der Waals surface area contributed by atoms with E-state index >= 15 is 0 Å². The van der Waals surface area contributed by atoms with E-state index in [2.05, 4.69) is 41.5 Å². The fraction of sp³-hybridized carbons (Fsp3) is 0.789. The maximum absolute atomic E-state index is 12.5. The van der Waals surface area contributed by atoms with Crippen molar-refractivity contribution in [2.45, 2.75) is 83.3 Å². The molecule has 0 fully saturated rings. The van der Waals surface area contributed by atoms with Crippen LogP contribution in [0.5, 0.6) is 0 Å². The number of carboxylic acids is 1. The van der Waals surface area contributed by atoms with Gasteiger partial charge in [-0.15, -0.1) is 0 Å². The second-order valence-corrected chi connectivity index (χ2v) is 12.1. The van der Waals surface area contributed by atoms with Crippen molar-refractivity contribution in [2.75, 3.05) is 13.7 Å². The van der Waals surface area contributed by atoms with Gasteiger partial charge < -0.3 is 14.3 Å². The quantitative estimate of drug-likeness (QED) is 0.389. The molecule has 0 saturated carbocycles. The average Bonchev–Trinajstić information content (AvgIpc) is 2.60. The van der Waals surface area contributed by atoms with E-state index in [0.29, 0.717) is 6.61 Å². The summed E-state index contributed by atoms with van der Waals surface area (Å²) in [4.78, 5) is 23.2. The Labute approximate surface area is 153 Å². The molecule has 0 amide bonds. The van der Waals surface area contributed by atoms with Gasteiger partial charge in [0, 0.05) is 25.9 Å². The first-order valence-corrected chi connectivity index (χ1v) is 11.3. The summed E-state index contributed by atoms with van der Waals surface area (Å²) >= 11 is 0. The molecule has 0 aromatic rings. The van der Waals surface area contributed by atoms with E-state index in [-0.39, 0.29) is 16.1 Å². The molecule has 25 heavy (non-hydrogen) atoms. The Morgan fingerprint density at radius 2 is 1.64 bits per heavy atom. The van der Waals surface area contributed by atoms with E-state index in [9.17, 15) is 9.59 Å². The van der Waals surface area contributed by atoms with E-state index in [1.165, 1.54) is 0 Å². The van der Waals surface area contributed by atoms with Crippen molar-refractivity contribution >= 4 is 20.3 Å². The second kappa shape index (κ2) is 10.8. The first-order chi connectivity index (χ1) is 11.6. The Balaban J connectivity index is 6.12. The van der Waals surface area contributed by atoms with Crippen LogP contribution in [0.15, 0.2) is 12.2 Å². The van der Waals surface area contributed by atoms with Crippen molar-refractivity contribution in [3.63, 3.8) is 0 Å². The number of ether oxygens (including phenoxy) is 1. The molecule has 0 aliphatic heterocycles. The van der Waals surface area contributed by atoms with E-state index in [4.69, 9.17) is 14.3 Å². The number of hydrogen-bond acceptors (Lipinski definition) is 4. The second-order valence-electron chi connectivity index (χ2n) is 7.16. The molecule has 0 heterocycles. The summed E-state index contributed by atoms with van der Waals surface area (Å²) in [7, 11) is -0.914. The summed E-state index contributed by atoms with van der Waals surface area (Å²) < 4.78 is 11.6. The zero-order valence-corrected chi connectivity index (χ0v) is 17.9. The fourth-order valence-electron chi connectivity index (χ4n) is 3.92. The van der Waals surface area contributed by atoms with Gasteiger partial charge in [-0.05, 0) is 29.0 Å². The minimum Gasteiger partial charge on any atom is -0.515 e. The van der Waals surface area contributed by atoms with Crippen LogP contribution in [0.3, 0.4) is 0 Å². The molecule has 0 aliphatic rings. The van der Waals surface area contributed by atoms with Gasteiger partial charge in [-0.25, -0.2) is 9.59 Å². The summed E-state index contributed by atoms with van der Waals surface area (Å²) in [5, 5.41) is 8.66. The lowest BCUT2D eigenvalue weighted by Crippen LogP contribution is -2.57. The minimum absolute atomic E-state index is 0.138. The normalized spacial score (nSPS) is 19.0. The van der Waals surface area contributed by atoms with E-state index in [0.717, 1.165) is 37.8 Å². The molecule has 0 rings (SSSR count). The summed E-state index contributed by atoms with van der Waals surface area (Å²) in [5.74, 6) is -1.68. The number of methoxy groups -OCH3 is 1. The van der Waals surface area contributed by atoms with Crippen LogP contribution in [0.4, 0.5) is 0 Å². The largest absolute Gasteiger partial charge is 0.515 e. The van der Waals surface area contributed by atoms with Crippen LogP contribution in [0.25, 0.3) is 0 Å². The van der Waals surface area contributed by atoms with Crippen molar-refractivity contribution in [3.8, 4) is 0 Å². The zero-order valence-electron chi connectivity index (χ0n) is 16.9. The van der Waals surface area contributed by atoms with Crippen LogP contribution in [0, 0.1) is 0 Å². The molecule has 146 valence electrons. The molecule has 0 aliphatic carbocycles. The third-order valence-corrected chi connectivity index (χ3v) is 12.7. The van der Waals surface area contributed by atoms with Crippen LogP contribution < -0.4 is 0 Å². The number of rotatable bonds is 12. The predicted molar refractivity (Wildman–Crippen MR) is 103 cm³/mol. The first-order valence-electron chi connectivity index (χ1n) is 9.27. The van der Waals surface area contributed by atoms with Gasteiger partial charge in [-0.3, -0.25) is 0 Å². The van der Waals surface area contributed by atoms with Gasteiger partial charge in [0.1, 0.15) is 0 Å². The van der Waals surface area contributed by atoms with Crippen LogP contribution in [0.2, 0.25) is 16.1 Å². The van der Waals surface area contributed by atoms with Crippen LogP contribution in [-0.4, -0.2) is 39.1 Å². The molecule has 0 spiro atoms. The average molecular weight is 373 g/mol. The Morgan fingerprint density at radius 3 is 2.00 bits per heavy atom. The number of carbonyl (C=O) groups excluding carboxylic acids is 1. The third kappa shape index (κ3) is 5.68. The number of aliphatic carboxylic acids is 1. The molecule has 3 unspecified atom stereocenters. The van der Waals surface area contributed by atoms with Crippen molar-refractivity contribution in [1.82, 2.24) is 0 Å². The molecule has 1 N–H and O–H groups in total. The summed E-state index contributed by atoms with van der Waals surface area (Å²) in [6.45, 7) is 13.6. The number of carboxylic acid groups (broad SMARTS) is 1. The maximum atomic E-state index is 12.5. The molecule has 6 heteroatoms. The molecule has 5 nitrogen and oxygen atoms in total. The number of hydrogen-bond donors (Lipinski definition) is 1. The highest BCUT2D eigenvalue weighted by molar-refractivity contribution is 6.80. The van der Waals surface area contributed by atoms with E-state index in [1.54, 1.807) is 7.11 Å². The molecule has 0 bridgehead atoms. The van der Waals surface area contributed by atoms with Gasteiger partial charge in [0.15, 0.2) is 0 Å². The Bertz CT molecular complexity index is 453. The van der Waals surface area contributed by atoms with Gasteiger partial charge in [0.2, 0.25) is 0 Å². The maximum Gasteiger partial charge on any atom is 0.328 e. The summed E-state index contributed by atoms with van der Waals surface area (Å²) in [6, 6.07) is 0. The topological polar surface area (TPSA) is 72.8 Å². The standard InChI is InChI=1S/C19H36O5Si/c1-8-15(4)25(16(5)9-2,19(6,10-3)13-14-23-7)24-18(22)12-11-17(20)21/h11-12,15-16H,8-10,13-14H2,1-7H3,(H,20,21)/b12-11-. The highest BCUT2D eigenvalue weighted by Gasteiger charge is 2.59. The van der Waals surface area contributed by atoms with Gasteiger partial charge in [0.05, 0.1) is 0 Å². The van der Waals surface area contributed by atoms with E-state index in [1.807, 2.05) is 0 Å². The van der Waals surface area contributed by atoms with Gasteiger partial charge in [-0.1, -0.05) is 54.4 Å².